The lowest BCUT2D eigenvalue weighted by molar-refractivity contribution is -0.121. The van der Waals surface area contributed by atoms with E-state index in [1.54, 1.807) is 11.3 Å². The summed E-state index contributed by atoms with van der Waals surface area (Å²) < 4.78 is 11.4. The SMILES string of the molecule is Cc1nc(-c2ccc3c(c2)N(CCCCOc2ccc(Cl)cc2)C(=O)CO3)c(C)s1. The molecule has 156 valence electrons. The normalized spacial score (nSPS) is 13.2. The van der Waals surface area contributed by atoms with Gasteiger partial charge >= 0.3 is 0 Å². The number of halogens is 1. The van der Waals surface area contributed by atoms with E-state index in [1.807, 2.05) is 54.3 Å². The number of aromatic nitrogens is 1. The third kappa shape index (κ3) is 4.60. The highest BCUT2D eigenvalue weighted by Gasteiger charge is 2.26. The summed E-state index contributed by atoms with van der Waals surface area (Å²) in [7, 11) is 0. The molecule has 5 nitrogen and oxygen atoms in total. The molecule has 0 spiro atoms. The first-order valence-electron chi connectivity index (χ1n) is 9.91. The Kier molecular flexibility index (Phi) is 6.25. The van der Waals surface area contributed by atoms with E-state index in [-0.39, 0.29) is 12.5 Å². The second-order valence-electron chi connectivity index (χ2n) is 7.16. The molecule has 2 aromatic carbocycles. The van der Waals surface area contributed by atoms with Crippen molar-refractivity contribution in [2.24, 2.45) is 0 Å². The topological polar surface area (TPSA) is 51.7 Å². The summed E-state index contributed by atoms with van der Waals surface area (Å²) in [5.74, 6) is 1.51. The van der Waals surface area contributed by atoms with Crippen LogP contribution in [0.25, 0.3) is 11.3 Å². The van der Waals surface area contributed by atoms with Gasteiger partial charge < -0.3 is 14.4 Å². The molecular formula is C23H23ClN2O3S. The Labute approximate surface area is 185 Å². The molecule has 7 heteroatoms. The van der Waals surface area contributed by atoms with E-state index in [0.717, 1.165) is 46.3 Å². The number of unbranched alkanes of at least 4 members (excludes halogenated alkanes) is 1. The van der Waals surface area contributed by atoms with Gasteiger partial charge in [-0.15, -0.1) is 11.3 Å². The zero-order valence-corrected chi connectivity index (χ0v) is 18.6. The average molecular weight is 443 g/mol. The van der Waals surface area contributed by atoms with Gasteiger partial charge in [0, 0.05) is 22.0 Å². The molecule has 1 aliphatic heterocycles. The average Bonchev–Trinajstić information content (AvgIpc) is 3.08. The summed E-state index contributed by atoms with van der Waals surface area (Å²) in [5.41, 5.74) is 2.78. The summed E-state index contributed by atoms with van der Waals surface area (Å²) in [6, 6.07) is 13.3. The fourth-order valence-corrected chi connectivity index (χ4v) is 4.45. The summed E-state index contributed by atoms with van der Waals surface area (Å²) >= 11 is 7.57. The second-order valence-corrected chi connectivity index (χ2v) is 9.01. The molecule has 1 aromatic heterocycles. The Bertz CT molecular complexity index is 1050. The predicted octanol–water partition coefficient (Wildman–Crippen LogP) is 5.66. The van der Waals surface area contributed by atoms with Crippen molar-refractivity contribution in [1.29, 1.82) is 0 Å². The highest BCUT2D eigenvalue weighted by Crippen LogP contribution is 2.37. The predicted molar refractivity (Wildman–Crippen MR) is 121 cm³/mol. The molecule has 0 radical (unpaired) electrons. The molecule has 0 saturated carbocycles. The third-order valence-electron chi connectivity index (χ3n) is 4.94. The number of fused-ring (bicyclic) bond motifs is 1. The summed E-state index contributed by atoms with van der Waals surface area (Å²) in [6.45, 7) is 5.36. The van der Waals surface area contributed by atoms with Crippen LogP contribution in [-0.2, 0) is 4.79 Å². The van der Waals surface area contributed by atoms with Gasteiger partial charge in [-0.2, -0.15) is 0 Å². The third-order valence-corrected chi connectivity index (χ3v) is 6.08. The van der Waals surface area contributed by atoms with Crippen LogP contribution < -0.4 is 14.4 Å². The fraction of sp³-hybridized carbons (Fsp3) is 0.304. The molecule has 0 fully saturated rings. The second kappa shape index (κ2) is 9.06. The molecule has 0 bridgehead atoms. The van der Waals surface area contributed by atoms with Crippen molar-refractivity contribution in [2.75, 3.05) is 24.7 Å². The van der Waals surface area contributed by atoms with E-state index < -0.39 is 0 Å². The lowest BCUT2D eigenvalue weighted by Crippen LogP contribution is -2.39. The lowest BCUT2D eigenvalue weighted by Gasteiger charge is -2.29. The number of rotatable bonds is 7. The van der Waals surface area contributed by atoms with Crippen LogP contribution in [0.4, 0.5) is 5.69 Å². The van der Waals surface area contributed by atoms with Gasteiger partial charge in [0.15, 0.2) is 6.61 Å². The molecule has 0 aliphatic carbocycles. The van der Waals surface area contributed by atoms with Crippen molar-refractivity contribution in [3.05, 3.63) is 57.4 Å². The number of carbonyl (C=O) groups excluding carboxylic acids is 1. The lowest BCUT2D eigenvalue weighted by atomic mass is 10.1. The van der Waals surface area contributed by atoms with Gasteiger partial charge in [-0.25, -0.2) is 4.98 Å². The summed E-state index contributed by atoms with van der Waals surface area (Å²) in [5, 5.41) is 1.72. The molecule has 1 aliphatic rings. The number of benzene rings is 2. The van der Waals surface area contributed by atoms with Gasteiger partial charge in [0.1, 0.15) is 11.5 Å². The number of nitrogens with zero attached hydrogens (tertiary/aromatic N) is 2. The standard InChI is InChI=1S/C23H23ClN2O3S/c1-15-23(25-16(2)30-15)17-5-10-21-20(13-17)26(22(27)14-29-21)11-3-4-12-28-19-8-6-18(24)7-9-19/h5-10,13H,3-4,11-12,14H2,1-2H3. The van der Waals surface area contributed by atoms with Crippen LogP contribution in [0, 0.1) is 13.8 Å². The van der Waals surface area contributed by atoms with Crippen molar-refractivity contribution >= 4 is 34.5 Å². The minimum absolute atomic E-state index is 0.0237. The van der Waals surface area contributed by atoms with E-state index in [4.69, 9.17) is 21.1 Å². The van der Waals surface area contributed by atoms with Crippen molar-refractivity contribution in [1.82, 2.24) is 4.98 Å². The van der Waals surface area contributed by atoms with Crippen LogP contribution in [0.3, 0.4) is 0 Å². The number of ether oxygens (including phenoxy) is 2. The van der Waals surface area contributed by atoms with Crippen molar-refractivity contribution in [2.45, 2.75) is 26.7 Å². The van der Waals surface area contributed by atoms with Gasteiger partial charge in [-0.3, -0.25) is 4.79 Å². The Hall–Kier alpha value is -2.57. The van der Waals surface area contributed by atoms with Gasteiger partial charge in [-0.1, -0.05) is 11.6 Å². The van der Waals surface area contributed by atoms with Crippen LogP contribution in [0.15, 0.2) is 42.5 Å². The largest absolute Gasteiger partial charge is 0.494 e. The maximum absolute atomic E-state index is 12.5. The van der Waals surface area contributed by atoms with Crippen LogP contribution in [0.1, 0.15) is 22.7 Å². The van der Waals surface area contributed by atoms with Gasteiger partial charge in [0.05, 0.1) is 23.0 Å². The highest BCUT2D eigenvalue weighted by atomic mass is 35.5. The number of amides is 1. The van der Waals surface area contributed by atoms with E-state index in [1.165, 1.54) is 4.88 Å². The number of hydrogen-bond acceptors (Lipinski definition) is 5. The van der Waals surface area contributed by atoms with E-state index >= 15 is 0 Å². The van der Waals surface area contributed by atoms with E-state index in [2.05, 4.69) is 11.9 Å². The van der Waals surface area contributed by atoms with Crippen LogP contribution >= 0.6 is 22.9 Å². The Morgan fingerprint density at radius 2 is 1.97 bits per heavy atom. The molecule has 1 amide bonds. The van der Waals surface area contributed by atoms with Crippen molar-refractivity contribution in [3.8, 4) is 22.8 Å². The first-order valence-corrected chi connectivity index (χ1v) is 11.1. The zero-order chi connectivity index (χ0) is 21.1. The van der Waals surface area contributed by atoms with E-state index in [0.29, 0.717) is 18.2 Å². The summed E-state index contributed by atoms with van der Waals surface area (Å²) in [4.78, 5) is 20.2. The minimum Gasteiger partial charge on any atom is -0.494 e. The molecule has 0 unspecified atom stereocenters. The fourth-order valence-electron chi connectivity index (χ4n) is 3.48. The molecule has 0 atom stereocenters. The number of anilines is 1. The van der Waals surface area contributed by atoms with Gasteiger partial charge in [0.25, 0.3) is 5.91 Å². The van der Waals surface area contributed by atoms with Crippen LogP contribution in [0.2, 0.25) is 5.02 Å². The highest BCUT2D eigenvalue weighted by molar-refractivity contribution is 7.11. The molecule has 3 aromatic rings. The van der Waals surface area contributed by atoms with Crippen molar-refractivity contribution in [3.63, 3.8) is 0 Å². The van der Waals surface area contributed by atoms with E-state index in [9.17, 15) is 4.79 Å². The molecule has 0 N–H and O–H groups in total. The monoisotopic (exact) mass is 442 g/mol. The Morgan fingerprint density at radius 1 is 1.17 bits per heavy atom. The number of aryl methyl sites for hydroxylation is 2. The Morgan fingerprint density at radius 3 is 2.70 bits per heavy atom. The number of carbonyl (C=O) groups is 1. The van der Waals surface area contributed by atoms with Crippen LogP contribution in [-0.4, -0.2) is 30.6 Å². The molecule has 0 saturated heterocycles. The smallest absolute Gasteiger partial charge is 0.265 e. The quantitative estimate of drug-likeness (QED) is 0.442. The summed E-state index contributed by atoms with van der Waals surface area (Å²) in [6.07, 6.45) is 1.67. The van der Waals surface area contributed by atoms with Gasteiger partial charge in [0.2, 0.25) is 0 Å². The van der Waals surface area contributed by atoms with Crippen molar-refractivity contribution < 1.29 is 14.3 Å². The molecular weight excluding hydrogens is 420 g/mol. The first-order chi connectivity index (χ1) is 14.5. The maximum Gasteiger partial charge on any atom is 0.265 e. The maximum atomic E-state index is 12.5. The number of thiazole rings is 1. The zero-order valence-electron chi connectivity index (χ0n) is 17.0. The first kappa shape index (κ1) is 20.7. The number of hydrogen-bond donors (Lipinski definition) is 0. The Balaban J connectivity index is 1.41. The molecule has 4 rings (SSSR count). The van der Waals surface area contributed by atoms with Crippen LogP contribution in [0.5, 0.6) is 11.5 Å². The molecule has 30 heavy (non-hydrogen) atoms. The minimum atomic E-state index is -0.0237. The van der Waals surface area contributed by atoms with Gasteiger partial charge in [-0.05, 0) is 69.2 Å². The molecule has 2 heterocycles.